The first-order valence-electron chi connectivity index (χ1n) is 9.16. The summed E-state index contributed by atoms with van der Waals surface area (Å²) in [4.78, 5) is 34.9. The van der Waals surface area contributed by atoms with E-state index in [1.165, 1.54) is 0 Å². The van der Waals surface area contributed by atoms with Crippen LogP contribution in [0.3, 0.4) is 0 Å². The van der Waals surface area contributed by atoms with Gasteiger partial charge in [0.05, 0.1) is 12.5 Å². The zero-order valence-electron chi connectivity index (χ0n) is 15.6. The fourth-order valence-electron chi connectivity index (χ4n) is 3.16. The quantitative estimate of drug-likeness (QED) is 0.637. The molecule has 0 aromatic carbocycles. The largest absolute Gasteiger partial charge is 0.356 e. The van der Waals surface area contributed by atoms with E-state index in [0.717, 1.165) is 12.1 Å². The topological polar surface area (TPSA) is 116 Å². The molecule has 0 aliphatic carbocycles. The summed E-state index contributed by atoms with van der Waals surface area (Å²) >= 11 is 0. The van der Waals surface area contributed by atoms with Gasteiger partial charge in [0.15, 0.2) is 5.82 Å². The third kappa shape index (κ3) is 4.88. The third-order valence-electron chi connectivity index (χ3n) is 4.55. The monoisotopic (exact) mass is 371 g/mol. The number of rotatable bonds is 7. The molecule has 0 radical (unpaired) electrons. The Morgan fingerprint density at radius 2 is 2.30 bits per heavy atom. The van der Waals surface area contributed by atoms with Gasteiger partial charge in [-0.1, -0.05) is 0 Å². The van der Waals surface area contributed by atoms with Gasteiger partial charge in [-0.2, -0.15) is 5.10 Å². The minimum atomic E-state index is -0.416. The van der Waals surface area contributed by atoms with Crippen LogP contribution in [-0.2, 0) is 16.0 Å². The molecular weight excluding hydrogens is 346 g/mol. The SMILES string of the molecule is CC(C)N1CCNC(=O)C1CC(=O)NCCc1nc(-c2cccnc2)n[nH]1. The number of piperazine rings is 1. The molecule has 9 heteroatoms. The van der Waals surface area contributed by atoms with Crippen LogP contribution in [0.15, 0.2) is 24.5 Å². The Balaban J connectivity index is 1.48. The molecule has 2 amide bonds. The number of aromatic nitrogens is 4. The van der Waals surface area contributed by atoms with Crippen molar-refractivity contribution in [3.8, 4) is 11.4 Å². The van der Waals surface area contributed by atoms with Crippen LogP contribution in [0.1, 0.15) is 26.1 Å². The number of hydrogen-bond donors (Lipinski definition) is 3. The van der Waals surface area contributed by atoms with Gasteiger partial charge in [-0.05, 0) is 26.0 Å². The minimum Gasteiger partial charge on any atom is -0.356 e. The number of carbonyl (C=O) groups excluding carboxylic acids is 2. The van der Waals surface area contributed by atoms with E-state index in [4.69, 9.17) is 0 Å². The second kappa shape index (κ2) is 8.72. The molecule has 2 aromatic rings. The number of H-pyrrole nitrogens is 1. The summed E-state index contributed by atoms with van der Waals surface area (Å²) in [6.07, 6.45) is 4.08. The van der Waals surface area contributed by atoms with Gasteiger partial charge in [0, 0.05) is 50.1 Å². The zero-order valence-corrected chi connectivity index (χ0v) is 15.6. The van der Waals surface area contributed by atoms with E-state index >= 15 is 0 Å². The van der Waals surface area contributed by atoms with Crippen molar-refractivity contribution in [3.63, 3.8) is 0 Å². The molecule has 3 rings (SSSR count). The van der Waals surface area contributed by atoms with E-state index in [2.05, 4.69) is 35.7 Å². The molecule has 0 bridgehead atoms. The maximum absolute atomic E-state index is 12.3. The molecule has 27 heavy (non-hydrogen) atoms. The summed E-state index contributed by atoms with van der Waals surface area (Å²) in [6.45, 7) is 5.88. The number of hydrogen-bond acceptors (Lipinski definition) is 6. The summed E-state index contributed by atoms with van der Waals surface area (Å²) in [6, 6.07) is 3.51. The summed E-state index contributed by atoms with van der Waals surface area (Å²) < 4.78 is 0. The third-order valence-corrected chi connectivity index (χ3v) is 4.55. The van der Waals surface area contributed by atoms with Crippen LogP contribution in [0.4, 0.5) is 0 Å². The molecule has 1 fully saturated rings. The lowest BCUT2D eigenvalue weighted by molar-refractivity contribution is -0.134. The first-order chi connectivity index (χ1) is 13.0. The highest BCUT2D eigenvalue weighted by atomic mass is 16.2. The van der Waals surface area contributed by atoms with E-state index in [1.807, 2.05) is 26.0 Å². The highest BCUT2D eigenvalue weighted by Crippen LogP contribution is 2.13. The molecule has 3 N–H and O–H groups in total. The van der Waals surface area contributed by atoms with Gasteiger partial charge >= 0.3 is 0 Å². The maximum atomic E-state index is 12.3. The lowest BCUT2D eigenvalue weighted by Gasteiger charge is -2.37. The van der Waals surface area contributed by atoms with Crippen LogP contribution in [0.2, 0.25) is 0 Å². The van der Waals surface area contributed by atoms with E-state index in [-0.39, 0.29) is 24.3 Å². The van der Waals surface area contributed by atoms with Crippen molar-refractivity contribution in [3.05, 3.63) is 30.4 Å². The normalized spacial score (nSPS) is 17.7. The smallest absolute Gasteiger partial charge is 0.237 e. The van der Waals surface area contributed by atoms with Crippen molar-refractivity contribution in [1.82, 2.24) is 35.7 Å². The lowest BCUT2D eigenvalue weighted by atomic mass is 10.1. The second-order valence-corrected chi connectivity index (χ2v) is 6.79. The van der Waals surface area contributed by atoms with Crippen molar-refractivity contribution in [2.45, 2.75) is 38.8 Å². The Hall–Kier alpha value is -2.81. The van der Waals surface area contributed by atoms with Crippen molar-refractivity contribution < 1.29 is 9.59 Å². The van der Waals surface area contributed by atoms with Crippen molar-refractivity contribution in [2.24, 2.45) is 0 Å². The van der Waals surface area contributed by atoms with E-state index in [9.17, 15) is 9.59 Å². The fraction of sp³-hybridized carbons (Fsp3) is 0.500. The summed E-state index contributed by atoms with van der Waals surface area (Å²) in [5.41, 5.74) is 0.834. The van der Waals surface area contributed by atoms with Gasteiger partial charge in [0.2, 0.25) is 11.8 Å². The summed E-state index contributed by atoms with van der Waals surface area (Å²) in [5, 5.41) is 12.7. The lowest BCUT2D eigenvalue weighted by Crippen LogP contribution is -2.58. The van der Waals surface area contributed by atoms with Crippen LogP contribution >= 0.6 is 0 Å². The van der Waals surface area contributed by atoms with E-state index in [1.54, 1.807) is 12.4 Å². The number of carbonyl (C=O) groups is 2. The number of nitrogens with one attached hydrogen (secondary N) is 3. The molecule has 3 heterocycles. The van der Waals surface area contributed by atoms with Crippen LogP contribution in [0.25, 0.3) is 11.4 Å². The molecule has 1 saturated heterocycles. The Bertz CT molecular complexity index is 775. The molecule has 0 spiro atoms. The molecule has 144 valence electrons. The molecule has 1 aliphatic heterocycles. The van der Waals surface area contributed by atoms with Crippen molar-refractivity contribution in [1.29, 1.82) is 0 Å². The molecule has 1 atom stereocenters. The standard InChI is InChI=1S/C18H25N7O2/c1-12(2)25-9-8-21-18(27)14(25)10-16(26)20-7-5-15-22-17(24-23-15)13-4-3-6-19-11-13/h3-4,6,11-12,14H,5,7-10H2,1-2H3,(H,20,26)(H,21,27)(H,22,23,24). The Morgan fingerprint density at radius 3 is 3.04 bits per heavy atom. The van der Waals surface area contributed by atoms with Crippen LogP contribution in [0, 0.1) is 0 Å². The van der Waals surface area contributed by atoms with Gasteiger partial charge in [0.1, 0.15) is 5.82 Å². The highest BCUT2D eigenvalue weighted by molar-refractivity contribution is 5.88. The van der Waals surface area contributed by atoms with Crippen molar-refractivity contribution >= 4 is 11.8 Å². The average Bonchev–Trinajstić information content (AvgIpc) is 3.13. The molecule has 0 saturated carbocycles. The van der Waals surface area contributed by atoms with Gasteiger partial charge < -0.3 is 10.6 Å². The van der Waals surface area contributed by atoms with Crippen molar-refractivity contribution in [2.75, 3.05) is 19.6 Å². The Labute approximate surface area is 158 Å². The first kappa shape index (κ1) is 19.0. The predicted molar refractivity (Wildman–Crippen MR) is 99.6 cm³/mol. The number of pyridine rings is 1. The number of nitrogens with zero attached hydrogens (tertiary/aromatic N) is 4. The summed E-state index contributed by atoms with van der Waals surface area (Å²) in [7, 11) is 0. The van der Waals surface area contributed by atoms with E-state index in [0.29, 0.717) is 31.2 Å². The maximum Gasteiger partial charge on any atom is 0.237 e. The Morgan fingerprint density at radius 1 is 1.44 bits per heavy atom. The van der Waals surface area contributed by atoms with Gasteiger partial charge in [-0.25, -0.2) is 4.98 Å². The van der Waals surface area contributed by atoms with Gasteiger partial charge in [-0.3, -0.25) is 24.6 Å². The highest BCUT2D eigenvalue weighted by Gasteiger charge is 2.32. The number of aromatic amines is 1. The first-order valence-corrected chi connectivity index (χ1v) is 9.16. The molecule has 1 aliphatic rings. The van der Waals surface area contributed by atoms with Crippen LogP contribution in [-0.4, -0.2) is 68.6 Å². The molecule has 1 unspecified atom stereocenters. The second-order valence-electron chi connectivity index (χ2n) is 6.79. The summed E-state index contributed by atoms with van der Waals surface area (Å²) in [5.74, 6) is 1.04. The average molecular weight is 371 g/mol. The number of amides is 2. The molecular formula is C18H25N7O2. The predicted octanol–water partition coefficient (Wildman–Crippen LogP) is 0.124. The molecule has 9 nitrogen and oxygen atoms in total. The minimum absolute atomic E-state index is 0.0820. The van der Waals surface area contributed by atoms with Crippen LogP contribution in [0.5, 0.6) is 0 Å². The van der Waals surface area contributed by atoms with Gasteiger partial charge in [-0.15, -0.1) is 0 Å². The fourth-order valence-corrected chi connectivity index (χ4v) is 3.16. The van der Waals surface area contributed by atoms with Crippen LogP contribution < -0.4 is 10.6 Å². The zero-order chi connectivity index (χ0) is 19.2. The molecule has 2 aromatic heterocycles. The van der Waals surface area contributed by atoms with E-state index < -0.39 is 6.04 Å². The van der Waals surface area contributed by atoms with Gasteiger partial charge in [0.25, 0.3) is 0 Å². The Kier molecular flexibility index (Phi) is 6.12.